The normalized spacial score (nSPS) is 11.7. The van der Waals surface area contributed by atoms with E-state index < -0.39 is 0 Å². The summed E-state index contributed by atoms with van der Waals surface area (Å²) in [6.45, 7) is 10.9. The molecule has 128 valence electrons. The molecule has 0 amide bonds. The third-order valence-corrected chi connectivity index (χ3v) is 4.21. The monoisotopic (exact) mass is 342 g/mol. The molecule has 0 heterocycles. The Kier molecular flexibility index (Phi) is 6.21. The maximum absolute atomic E-state index is 5.84. The highest BCUT2D eigenvalue weighted by molar-refractivity contribution is 7.80. The number of aryl methyl sites for hydroxylation is 4. The van der Waals surface area contributed by atoms with Gasteiger partial charge in [-0.2, -0.15) is 0 Å². The van der Waals surface area contributed by atoms with Crippen LogP contribution in [0.5, 0.6) is 5.75 Å². The molecule has 0 aromatic heterocycles. The minimum Gasteiger partial charge on any atom is -0.491 e. The molecular formula is C20H26N2OS. The van der Waals surface area contributed by atoms with Crippen molar-refractivity contribution >= 4 is 23.0 Å². The Balaban J connectivity index is 1.83. The largest absolute Gasteiger partial charge is 0.491 e. The first-order valence-electron chi connectivity index (χ1n) is 8.20. The Morgan fingerprint density at radius 3 is 2.42 bits per heavy atom. The van der Waals surface area contributed by atoms with E-state index in [4.69, 9.17) is 17.0 Å². The summed E-state index contributed by atoms with van der Waals surface area (Å²) < 4.78 is 5.84. The summed E-state index contributed by atoms with van der Waals surface area (Å²) in [5.74, 6) is 0.889. The molecule has 1 atom stereocenters. The first-order valence-corrected chi connectivity index (χ1v) is 8.61. The first-order chi connectivity index (χ1) is 11.3. The maximum Gasteiger partial charge on any atom is 0.171 e. The fraction of sp³-hybridized carbons (Fsp3) is 0.350. The zero-order chi connectivity index (χ0) is 17.7. The van der Waals surface area contributed by atoms with Crippen LogP contribution in [0.1, 0.15) is 29.2 Å². The summed E-state index contributed by atoms with van der Waals surface area (Å²) in [6, 6.07) is 12.5. The lowest BCUT2D eigenvalue weighted by atomic mass is 10.1. The van der Waals surface area contributed by atoms with Crippen molar-refractivity contribution in [1.82, 2.24) is 5.32 Å². The molecule has 0 spiro atoms. The fourth-order valence-electron chi connectivity index (χ4n) is 2.40. The van der Waals surface area contributed by atoms with Crippen molar-refractivity contribution in [2.24, 2.45) is 0 Å². The lowest BCUT2D eigenvalue weighted by Crippen LogP contribution is -2.39. The van der Waals surface area contributed by atoms with E-state index in [-0.39, 0.29) is 6.04 Å². The van der Waals surface area contributed by atoms with Gasteiger partial charge in [-0.25, -0.2) is 0 Å². The Bertz CT molecular complexity index is 728. The molecule has 2 N–H and O–H groups in total. The van der Waals surface area contributed by atoms with Crippen molar-refractivity contribution in [3.8, 4) is 5.75 Å². The van der Waals surface area contributed by atoms with Crippen molar-refractivity contribution in [2.75, 3.05) is 11.9 Å². The average Bonchev–Trinajstić information content (AvgIpc) is 2.51. The molecule has 0 bridgehead atoms. The summed E-state index contributed by atoms with van der Waals surface area (Å²) in [5, 5.41) is 7.12. The Morgan fingerprint density at radius 2 is 1.75 bits per heavy atom. The summed E-state index contributed by atoms with van der Waals surface area (Å²) in [6.07, 6.45) is 0. The number of benzene rings is 2. The number of rotatable bonds is 5. The van der Waals surface area contributed by atoms with E-state index >= 15 is 0 Å². The van der Waals surface area contributed by atoms with Crippen molar-refractivity contribution in [3.63, 3.8) is 0 Å². The van der Waals surface area contributed by atoms with Crippen LogP contribution >= 0.6 is 12.2 Å². The van der Waals surface area contributed by atoms with E-state index in [1.54, 1.807) is 0 Å². The van der Waals surface area contributed by atoms with Crippen LogP contribution in [0.25, 0.3) is 0 Å². The van der Waals surface area contributed by atoms with Gasteiger partial charge in [-0.15, -0.1) is 0 Å². The van der Waals surface area contributed by atoms with Gasteiger partial charge in [0.25, 0.3) is 0 Å². The minimum atomic E-state index is 0.109. The quantitative estimate of drug-likeness (QED) is 0.773. The molecule has 0 aliphatic carbocycles. The van der Waals surface area contributed by atoms with Gasteiger partial charge < -0.3 is 15.4 Å². The summed E-state index contributed by atoms with van der Waals surface area (Å²) >= 11 is 5.40. The molecule has 2 aromatic carbocycles. The van der Waals surface area contributed by atoms with Crippen LogP contribution in [-0.4, -0.2) is 17.8 Å². The Hall–Kier alpha value is -2.07. The van der Waals surface area contributed by atoms with Crippen molar-refractivity contribution < 1.29 is 4.74 Å². The van der Waals surface area contributed by atoms with Gasteiger partial charge in [0, 0.05) is 5.69 Å². The predicted octanol–water partition coefficient (Wildman–Crippen LogP) is 4.67. The molecule has 24 heavy (non-hydrogen) atoms. The lowest BCUT2D eigenvalue weighted by Gasteiger charge is -2.19. The van der Waals surface area contributed by atoms with E-state index in [0.29, 0.717) is 11.7 Å². The van der Waals surface area contributed by atoms with Crippen LogP contribution in [0.15, 0.2) is 36.4 Å². The number of thiocarbonyl (C=S) groups is 1. The fourth-order valence-corrected chi connectivity index (χ4v) is 2.71. The summed E-state index contributed by atoms with van der Waals surface area (Å²) in [7, 11) is 0. The molecule has 0 fully saturated rings. The van der Waals surface area contributed by atoms with E-state index in [1.807, 2.05) is 6.07 Å². The molecule has 0 radical (unpaired) electrons. The van der Waals surface area contributed by atoms with Crippen LogP contribution in [0, 0.1) is 27.7 Å². The molecule has 0 unspecified atom stereocenters. The van der Waals surface area contributed by atoms with E-state index in [2.05, 4.69) is 75.6 Å². The van der Waals surface area contributed by atoms with Gasteiger partial charge in [-0.3, -0.25) is 0 Å². The first kappa shape index (κ1) is 18.3. The van der Waals surface area contributed by atoms with Crippen LogP contribution in [0.3, 0.4) is 0 Å². The molecule has 2 rings (SSSR count). The van der Waals surface area contributed by atoms with Crippen LogP contribution in [0.2, 0.25) is 0 Å². The molecule has 0 aliphatic heterocycles. The van der Waals surface area contributed by atoms with E-state index in [0.717, 1.165) is 11.4 Å². The summed E-state index contributed by atoms with van der Waals surface area (Å²) in [4.78, 5) is 0. The van der Waals surface area contributed by atoms with Gasteiger partial charge in [0.2, 0.25) is 0 Å². The lowest BCUT2D eigenvalue weighted by molar-refractivity contribution is 0.287. The van der Waals surface area contributed by atoms with Gasteiger partial charge in [-0.05, 0) is 81.7 Å². The number of nitrogens with one attached hydrogen (secondary N) is 2. The number of anilines is 1. The molecular weight excluding hydrogens is 316 g/mol. The average molecular weight is 343 g/mol. The molecule has 0 aliphatic rings. The predicted molar refractivity (Wildman–Crippen MR) is 106 cm³/mol. The van der Waals surface area contributed by atoms with Gasteiger partial charge in [0.1, 0.15) is 12.4 Å². The number of hydrogen-bond acceptors (Lipinski definition) is 2. The molecule has 0 saturated carbocycles. The Labute approximate surface area is 150 Å². The zero-order valence-corrected chi connectivity index (χ0v) is 15.9. The second-order valence-corrected chi connectivity index (χ2v) is 6.78. The smallest absolute Gasteiger partial charge is 0.171 e. The highest BCUT2D eigenvalue weighted by Gasteiger charge is 2.07. The highest BCUT2D eigenvalue weighted by Crippen LogP contribution is 2.17. The standard InChI is InChI=1S/C20H26N2OS/c1-13-6-9-19(16(4)10-13)22-20(24)21-17(5)12-23-18-8-7-14(2)15(3)11-18/h6-11,17H,12H2,1-5H3,(H2,21,22,24)/t17-/m0/s1. The second-order valence-electron chi connectivity index (χ2n) is 6.37. The third-order valence-electron chi connectivity index (χ3n) is 3.99. The van der Waals surface area contributed by atoms with Crippen molar-refractivity contribution in [1.29, 1.82) is 0 Å². The number of hydrogen-bond donors (Lipinski definition) is 2. The summed E-state index contributed by atoms with van der Waals surface area (Å²) in [5.41, 5.74) is 5.96. The minimum absolute atomic E-state index is 0.109. The van der Waals surface area contributed by atoms with Gasteiger partial charge in [-0.1, -0.05) is 23.8 Å². The highest BCUT2D eigenvalue weighted by atomic mass is 32.1. The van der Waals surface area contributed by atoms with Crippen LogP contribution in [-0.2, 0) is 0 Å². The van der Waals surface area contributed by atoms with E-state index in [1.165, 1.54) is 22.3 Å². The second kappa shape index (κ2) is 8.15. The molecule has 4 heteroatoms. The zero-order valence-electron chi connectivity index (χ0n) is 15.1. The van der Waals surface area contributed by atoms with Crippen molar-refractivity contribution in [3.05, 3.63) is 58.7 Å². The SMILES string of the molecule is Cc1ccc(NC(=S)N[C@@H](C)COc2ccc(C)c(C)c2)c(C)c1. The van der Waals surface area contributed by atoms with Gasteiger partial charge in [0.15, 0.2) is 5.11 Å². The Morgan fingerprint density at radius 1 is 1.00 bits per heavy atom. The number of ether oxygens (including phenoxy) is 1. The van der Waals surface area contributed by atoms with Crippen molar-refractivity contribution in [2.45, 2.75) is 40.7 Å². The van der Waals surface area contributed by atoms with Crippen LogP contribution in [0.4, 0.5) is 5.69 Å². The topological polar surface area (TPSA) is 33.3 Å². The van der Waals surface area contributed by atoms with E-state index in [9.17, 15) is 0 Å². The molecule has 3 nitrogen and oxygen atoms in total. The maximum atomic E-state index is 5.84. The van der Waals surface area contributed by atoms with Gasteiger partial charge >= 0.3 is 0 Å². The molecule has 0 saturated heterocycles. The molecule has 2 aromatic rings. The third kappa shape index (κ3) is 5.24. The van der Waals surface area contributed by atoms with Gasteiger partial charge in [0.05, 0.1) is 6.04 Å². The van der Waals surface area contributed by atoms with Crippen LogP contribution < -0.4 is 15.4 Å².